The lowest BCUT2D eigenvalue weighted by molar-refractivity contribution is 0.394. The molecule has 0 fully saturated rings. The van der Waals surface area contributed by atoms with Gasteiger partial charge in [0.15, 0.2) is 0 Å². The monoisotopic (exact) mass is 1330 g/mol. The van der Waals surface area contributed by atoms with Crippen molar-refractivity contribution in [3.05, 3.63) is 206 Å². The fraction of sp³-hybridized carbons (Fsp3) is 0.443. The first-order valence-electron chi connectivity index (χ1n) is 40.1. The van der Waals surface area contributed by atoms with Crippen LogP contribution in [0.5, 0.6) is 0 Å². The van der Waals surface area contributed by atoms with E-state index in [1.807, 2.05) is 0 Å². The maximum Gasteiger partial charge on any atom is 0.143 e. The quantitative estimate of drug-likeness (QED) is 0.0394. The minimum Gasteiger partial charge on any atom is -0.456 e. The first kappa shape index (κ1) is 69.5. The number of furan rings is 2. The van der Waals surface area contributed by atoms with E-state index in [0.29, 0.717) is 0 Å². The lowest BCUT2D eigenvalue weighted by Crippen LogP contribution is -2.27. The molecular formula is C97H115NO2. The molecule has 0 saturated carbocycles. The van der Waals surface area contributed by atoms with E-state index in [2.05, 4.69) is 228 Å². The molecule has 0 unspecified atom stereocenters. The van der Waals surface area contributed by atoms with Gasteiger partial charge in [-0.2, -0.15) is 0 Å². The van der Waals surface area contributed by atoms with Gasteiger partial charge in [0.05, 0.1) is 5.69 Å². The topological polar surface area (TPSA) is 29.5 Å². The Morgan fingerprint density at radius 1 is 0.310 bits per heavy atom. The van der Waals surface area contributed by atoms with Crippen molar-refractivity contribution in [2.45, 2.75) is 279 Å². The van der Waals surface area contributed by atoms with Crippen molar-refractivity contribution < 1.29 is 8.83 Å². The maximum absolute atomic E-state index is 7.10. The van der Waals surface area contributed by atoms with Crippen LogP contribution in [-0.2, 0) is 16.2 Å². The van der Waals surface area contributed by atoms with E-state index < -0.39 is 0 Å². The highest BCUT2D eigenvalue weighted by Crippen LogP contribution is 2.64. The van der Waals surface area contributed by atoms with E-state index in [0.717, 1.165) is 35.2 Å². The number of para-hydroxylation sites is 2. The van der Waals surface area contributed by atoms with Crippen LogP contribution in [0, 0.1) is 41.5 Å². The predicted molar refractivity (Wildman–Crippen MR) is 432 cm³/mol. The maximum atomic E-state index is 7.10. The van der Waals surface area contributed by atoms with E-state index in [1.165, 1.54) is 295 Å². The Kier molecular flexibility index (Phi) is 20.4. The van der Waals surface area contributed by atoms with Crippen molar-refractivity contribution in [1.82, 2.24) is 0 Å². The van der Waals surface area contributed by atoms with E-state index in [-0.39, 0.29) is 16.2 Å². The third kappa shape index (κ3) is 12.4. The zero-order valence-electron chi connectivity index (χ0n) is 63.3. The van der Waals surface area contributed by atoms with E-state index in [4.69, 9.17) is 8.83 Å². The molecule has 100 heavy (non-hydrogen) atoms. The van der Waals surface area contributed by atoms with Gasteiger partial charge in [-0.05, 0) is 222 Å². The van der Waals surface area contributed by atoms with Crippen LogP contribution < -0.4 is 4.90 Å². The Hall–Kier alpha value is -7.62. The average Bonchev–Trinajstić information content (AvgIpc) is 1.53. The minimum atomic E-state index is -0.326. The molecule has 0 aliphatic heterocycles. The summed E-state index contributed by atoms with van der Waals surface area (Å²) >= 11 is 0. The molecule has 9 aromatic carbocycles. The van der Waals surface area contributed by atoms with Crippen molar-refractivity contribution in [2.75, 3.05) is 4.90 Å². The first-order chi connectivity index (χ1) is 48.7. The molecule has 14 rings (SSSR count). The summed E-state index contributed by atoms with van der Waals surface area (Å²) in [6.45, 7) is 28.2. The third-order valence-electron chi connectivity index (χ3n) is 24.7. The lowest BCUT2D eigenvalue weighted by atomic mass is 9.68. The Morgan fingerprint density at radius 3 is 1.28 bits per heavy atom. The standard InChI is InChI=1S/C97H115NO2/c1-13-17-21-25-29-37-51-96(52-38-30-26-22-18-14-2)79-49-50-87-91(74-41-33-35-43-85(74)99-87)90(79)77-62-82-76(61-83(77)96)72-47-45-71(60-81(72)97(82,53-39-31-27-23-19-15-3)54-40-32-28-24-20-16-4)98(93-68(9)57-65(6)58-69(93)10)70-46-48-73-80(59-70)95(11,12)84-63-78(88-66(7)55-64(5)56-67(88)8)94-92(89(73)84)75-42-34-36-44-86(75)100-94/h33-36,41-50,55-63H,13-32,37-40,51-54H2,1-12H3. The Morgan fingerprint density at radius 2 is 0.730 bits per heavy atom. The summed E-state index contributed by atoms with van der Waals surface area (Å²) in [5.74, 6) is 0. The molecule has 2 aromatic heterocycles. The van der Waals surface area contributed by atoms with Gasteiger partial charge in [0.2, 0.25) is 0 Å². The first-order valence-corrected chi connectivity index (χ1v) is 40.1. The largest absolute Gasteiger partial charge is 0.456 e. The zero-order valence-corrected chi connectivity index (χ0v) is 63.3. The van der Waals surface area contributed by atoms with Gasteiger partial charge in [-0.3, -0.25) is 0 Å². The molecule has 3 aliphatic carbocycles. The molecule has 0 atom stereocenters. The van der Waals surface area contributed by atoms with E-state index >= 15 is 0 Å². The van der Waals surface area contributed by atoms with Crippen molar-refractivity contribution in [1.29, 1.82) is 0 Å². The highest BCUT2D eigenvalue weighted by molar-refractivity contribution is 6.19. The lowest BCUT2D eigenvalue weighted by Gasteiger charge is -2.35. The minimum absolute atomic E-state index is 0.0966. The van der Waals surface area contributed by atoms with Gasteiger partial charge in [0, 0.05) is 54.7 Å². The van der Waals surface area contributed by atoms with Gasteiger partial charge in [-0.25, -0.2) is 0 Å². The number of fused-ring (bicyclic) bond motifs is 17. The number of hydrogen-bond donors (Lipinski definition) is 0. The number of benzene rings is 9. The number of hydrogen-bond acceptors (Lipinski definition) is 3. The van der Waals surface area contributed by atoms with Crippen LogP contribution in [0.3, 0.4) is 0 Å². The van der Waals surface area contributed by atoms with Crippen LogP contribution in [0.2, 0.25) is 0 Å². The van der Waals surface area contributed by atoms with Gasteiger partial charge in [-0.15, -0.1) is 0 Å². The van der Waals surface area contributed by atoms with Crippen molar-refractivity contribution in [3.63, 3.8) is 0 Å². The van der Waals surface area contributed by atoms with E-state index in [9.17, 15) is 0 Å². The molecule has 0 amide bonds. The Labute approximate surface area is 601 Å². The fourth-order valence-electron chi connectivity index (χ4n) is 20.0. The van der Waals surface area contributed by atoms with Crippen molar-refractivity contribution in [2.24, 2.45) is 0 Å². The summed E-state index contributed by atoms with van der Waals surface area (Å²) in [6, 6.07) is 55.9. The molecule has 0 saturated heterocycles. The summed E-state index contributed by atoms with van der Waals surface area (Å²) in [7, 11) is 0. The Bertz CT molecular complexity index is 4720. The number of nitrogens with zero attached hydrogens (tertiary/aromatic N) is 1. The van der Waals surface area contributed by atoms with Crippen molar-refractivity contribution in [3.8, 4) is 44.5 Å². The second kappa shape index (κ2) is 29.4. The summed E-state index contributed by atoms with van der Waals surface area (Å²) in [4.78, 5) is 2.70. The van der Waals surface area contributed by atoms with Crippen LogP contribution in [0.25, 0.3) is 88.4 Å². The summed E-state index contributed by atoms with van der Waals surface area (Å²) in [5, 5.41) is 5.00. The number of aryl methyl sites for hydroxylation is 6. The van der Waals surface area contributed by atoms with Crippen molar-refractivity contribution >= 4 is 60.9 Å². The average molecular weight is 1330 g/mol. The molecule has 3 aliphatic rings. The predicted octanol–water partition coefficient (Wildman–Crippen LogP) is 30.3. The summed E-state index contributed by atoms with van der Waals surface area (Å²) in [6.07, 6.45) is 35.7. The number of unbranched alkanes of at least 4 members (excludes halogenated alkanes) is 20. The van der Waals surface area contributed by atoms with Gasteiger partial charge in [-0.1, -0.05) is 286 Å². The molecule has 3 heteroatoms. The highest BCUT2D eigenvalue weighted by Gasteiger charge is 2.49. The molecule has 3 nitrogen and oxygen atoms in total. The summed E-state index contributed by atoms with van der Waals surface area (Å²) < 4.78 is 14.0. The molecular weight excluding hydrogens is 1210 g/mol. The SMILES string of the molecule is CCCCCCCCC1(CCCCCCCC)c2cc(N(c3ccc4c(c3)C(C)(C)c3cc(-c5c(C)cc(C)cc5C)c5oc6ccccc6c5c3-4)c3c(C)cc(C)cc3C)ccc2-c2cc3c(cc21)-c1c(ccc2oc4ccccc4c12)C3(CCCCCCCC)CCCCCCCC. The van der Waals surface area contributed by atoms with Gasteiger partial charge in [0.1, 0.15) is 22.3 Å². The molecule has 520 valence electrons. The molecule has 0 spiro atoms. The molecule has 0 N–H and O–H groups in total. The van der Waals surface area contributed by atoms with Crippen LogP contribution in [0.1, 0.15) is 288 Å². The van der Waals surface area contributed by atoms with Crippen LogP contribution >= 0.6 is 0 Å². The second-order valence-electron chi connectivity index (χ2n) is 32.2. The molecule has 0 bridgehead atoms. The van der Waals surface area contributed by atoms with Gasteiger partial charge in [0.25, 0.3) is 0 Å². The number of anilines is 3. The zero-order chi connectivity index (χ0) is 69.5. The molecule has 11 aromatic rings. The highest BCUT2D eigenvalue weighted by atomic mass is 16.3. The number of rotatable bonds is 32. The van der Waals surface area contributed by atoms with Crippen LogP contribution in [0.15, 0.2) is 148 Å². The normalized spacial score (nSPS) is 14.4. The van der Waals surface area contributed by atoms with Gasteiger partial charge < -0.3 is 13.7 Å². The second-order valence-corrected chi connectivity index (χ2v) is 32.2. The van der Waals surface area contributed by atoms with Crippen LogP contribution in [0.4, 0.5) is 17.1 Å². The van der Waals surface area contributed by atoms with E-state index in [1.54, 1.807) is 22.3 Å². The third-order valence-corrected chi connectivity index (χ3v) is 24.7. The smallest absolute Gasteiger partial charge is 0.143 e. The summed E-state index contributed by atoms with van der Waals surface area (Å²) in [5.41, 5.74) is 34.9. The fourth-order valence-corrected chi connectivity index (χ4v) is 20.0. The van der Waals surface area contributed by atoms with Gasteiger partial charge >= 0.3 is 0 Å². The molecule has 2 heterocycles. The Balaban J connectivity index is 0.985. The van der Waals surface area contributed by atoms with Crippen LogP contribution in [-0.4, -0.2) is 0 Å². The molecule has 0 radical (unpaired) electrons.